The first-order valence-electron chi connectivity index (χ1n) is 9.30. The minimum atomic E-state index is -0.155. The van der Waals surface area contributed by atoms with Crippen molar-refractivity contribution in [2.75, 3.05) is 39.7 Å². The van der Waals surface area contributed by atoms with Crippen LogP contribution in [0.3, 0.4) is 0 Å². The number of fused-ring (bicyclic) bond motifs is 1. The van der Waals surface area contributed by atoms with Crippen molar-refractivity contribution in [2.24, 2.45) is 0 Å². The first kappa shape index (κ1) is 19.9. The molecule has 2 aromatic carbocycles. The molecule has 0 aliphatic carbocycles. The highest BCUT2D eigenvalue weighted by Gasteiger charge is 2.22. The van der Waals surface area contributed by atoms with Crippen molar-refractivity contribution < 1.29 is 19.0 Å². The van der Waals surface area contributed by atoms with Crippen LogP contribution in [-0.2, 0) is 6.54 Å². The Balaban J connectivity index is 1.20. The van der Waals surface area contributed by atoms with Crippen molar-refractivity contribution in [1.29, 1.82) is 0 Å². The van der Waals surface area contributed by atoms with E-state index in [0.717, 1.165) is 31.1 Å². The number of urea groups is 1. The number of amides is 2. The molecule has 2 aliphatic rings. The summed E-state index contributed by atoms with van der Waals surface area (Å²) in [5.41, 5.74) is 1.17. The second-order valence-electron chi connectivity index (χ2n) is 6.80. The maximum atomic E-state index is 12.4. The second kappa shape index (κ2) is 8.98. The Morgan fingerprint density at radius 1 is 1.03 bits per heavy atom. The first-order chi connectivity index (χ1) is 14.1. The van der Waals surface area contributed by atoms with E-state index in [1.165, 1.54) is 5.56 Å². The molecule has 29 heavy (non-hydrogen) atoms. The molecule has 9 heteroatoms. The number of benzene rings is 2. The monoisotopic (exact) mass is 437 g/mol. The molecule has 7 nitrogen and oxygen atoms in total. The normalized spacial score (nSPS) is 16.0. The molecule has 2 aromatic rings. The van der Waals surface area contributed by atoms with Gasteiger partial charge in [0.05, 0.1) is 5.02 Å². The quantitative estimate of drug-likeness (QED) is 0.724. The number of nitrogens with zero attached hydrogens (tertiary/aromatic N) is 2. The lowest BCUT2D eigenvalue weighted by molar-refractivity contribution is 0.130. The van der Waals surface area contributed by atoms with Crippen LogP contribution in [0.25, 0.3) is 0 Å². The molecule has 154 valence electrons. The number of rotatable bonds is 5. The van der Waals surface area contributed by atoms with E-state index in [2.05, 4.69) is 10.2 Å². The molecule has 0 spiro atoms. The molecule has 4 rings (SSSR count). The zero-order chi connectivity index (χ0) is 20.2. The van der Waals surface area contributed by atoms with Crippen LogP contribution in [-0.4, -0.2) is 55.5 Å². The number of nitrogens with one attached hydrogen (secondary N) is 1. The molecule has 2 heterocycles. The highest BCUT2D eigenvalue weighted by Crippen LogP contribution is 2.33. The van der Waals surface area contributed by atoms with Crippen molar-refractivity contribution in [2.45, 2.75) is 6.54 Å². The van der Waals surface area contributed by atoms with Crippen molar-refractivity contribution in [3.63, 3.8) is 0 Å². The maximum Gasteiger partial charge on any atom is 0.320 e. The molecule has 0 unspecified atom stereocenters. The predicted molar refractivity (Wildman–Crippen MR) is 110 cm³/mol. The zero-order valence-electron chi connectivity index (χ0n) is 15.7. The summed E-state index contributed by atoms with van der Waals surface area (Å²) in [4.78, 5) is 16.4. The van der Waals surface area contributed by atoms with Crippen LogP contribution in [0.15, 0.2) is 36.4 Å². The summed E-state index contributed by atoms with van der Waals surface area (Å²) in [7, 11) is 0. The zero-order valence-corrected chi connectivity index (χ0v) is 17.2. The van der Waals surface area contributed by atoms with Gasteiger partial charge in [0.1, 0.15) is 5.75 Å². The molecule has 0 aromatic heterocycles. The second-order valence-corrected chi connectivity index (χ2v) is 7.64. The minimum absolute atomic E-state index is 0.0393. The number of hydrogen-bond donors (Lipinski definition) is 1. The first-order valence-corrected chi connectivity index (χ1v) is 10.1. The Labute approximate surface area is 179 Å². The van der Waals surface area contributed by atoms with Crippen LogP contribution in [0.4, 0.5) is 4.79 Å². The molecule has 0 atom stereocenters. The van der Waals surface area contributed by atoms with Crippen molar-refractivity contribution in [3.05, 3.63) is 52.0 Å². The van der Waals surface area contributed by atoms with Gasteiger partial charge in [0, 0.05) is 37.7 Å². The van der Waals surface area contributed by atoms with Crippen LogP contribution in [0, 0.1) is 0 Å². The summed E-state index contributed by atoms with van der Waals surface area (Å²) in [5.74, 6) is 2.06. The smallest absolute Gasteiger partial charge is 0.320 e. The van der Waals surface area contributed by atoms with Crippen LogP contribution in [0.5, 0.6) is 17.2 Å². The fourth-order valence-corrected chi connectivity index (χ4v) is 3.75. The fourth-order valence-electron chi connectivity index (χ4n) is 3.29. The number of halogens is 2. The Bertz CT molecular complexity index is 888. The molecule has 1 N–H and O–H groups in total. The predicted octanol–water partition coefficient (Wildman–Crippen LogP) is 3.59. The highest BCUT2D eigenvalue weighted by atomic mass is 35.5. The molecule has 2 amide bonds. The van der Waals surface area contributed by atoms with E-state index < -0.39 is 0 Å². The average Bonchev–Trinajstić information content (AvgIpc) is 3.18. The van der Waals surface area contributed by atoms with Gasteiger partial charge in [-0.05, 0) is 35.9 Å². The van der Waals surface area contributed by atoms with Gasteiger partial charge < -0.3 is 24.4 Å². The molecule has 2 aliphatic heterocycles. The van der Waals surface area contributed by atoms with Crippen LogP contribution in [0.2, 0.25) is 10.0 Å². The number of carbonyl (C=O) groups is 1. The lowest BCUT2D eigenvalue weighted by Gasteiger charge is -2.34. The largest absolute Gasteiger partial charge is 0.472 e. The van der Waals surface area contributed by atoms with Crippen LogP contribution in [0.1, 0.15) is 5.56 Å². The highest BCUT2D eigenvalue weighted by molar-refractivity contribution is 6.35. The van der Waals surface area contributed by atoms with Gasteiger partial charge in [-0.25, -0.2) is 4.79 Å². The standard InChI is InChI=1S/C20H21Cl2N3O4/c21-15-2-4-17(16(22)10-15)27-12-23-20(26)25-7-5-24(6-8-25)11-14-1-3-18-19(9-14)29-13-28-18/h1-4,9-10H,5-8,11-13H2,(H,23,26). The summed E-state index contributed by atoms with van der Waals surface area (Å²) < 4.78 is 16.3. The van der Waals surface area contributed by atoms with E-state index in [0.29, 0.717) is 28.9 Å². The topological polar surface area (TPSA) is 63.3 Å². The van der Waals surface area contributed by atoms with Gasteiger partial charge in [-0.15, -0.1) is 0 Å². The van der Waals surface area contributed by atoms with E-state index in [1.807, 2.05) is 18.2 Å². The molecular formula is C20H21Cl2N3O4. The average molecular weight is 438 g/mol. The van der Waals surface area contributed by atoms with E-state index in [1.54, 1.807) is 23.1 Å². The van der Waals surface area contributed by atoms with Crippen LogP contribution >= 0.6 is 23.2 Å². The van der Waals surface area contributed by atoms with Crippen molar-refractivity contribution in [3.8, 4) is 17.2 Å². The maximum absolute atomic E-state index is 12.4. The summed E-state index contributed by atoms with van der Waals surface area (Å²) in [6.07, 6.45) is 0. The van der Waals surface area contributed by atoms with Gasteiger partial charge in [-0.2, -0.15) is 0 Å². The number of ether oxygens (including phenoxy) is 3. The number of piperazine rings is 1. The van der Waals surface area contributed by atoms with Gasteiger partial charge in [0.2, 0.25) is 6.79 Å². The lowest BCUT2D eigenvalue weighted by Crippen LogP contribution is -2.51. The van der Waals surface area contributed by atoms with E-state index in [4.69, 9.17) is 37.4 Å². The third-order valence-electron chi connectivity index (χ3n) is 4.85. The van der Waals surface area contributed by atoms with Gasteiger partial charge in [-0.1, -0.05) is 29.3 Å². The fraction of sp³-hybridized carbons (Fsp3) is 0.350. The minimum Gasteiger partial charge on any atom is -0.472 e. The summed E-state index contributed by atoms with van der Waals surface area (Å²) in [5, 5.41) is 3.70. The van der Waals surface area contributed by atoms with E-state index in [-0.39, 0.29) is 19.6 Å². The summed E-state index contributed by atoms with van der Waals surface area (Å²) in [6.45, 7) is 4.02. The Kier molecular flexibility index (Phi) is 6.18. The van der Waals surface area contributed by atoms with Gasteiger partial charge in [0.15, 0.2) is 18.2 Å². The van der Waals surface area contributed by atoms with Gasteiger partial charge >= 0.3 is 6.03 Å². The van der Waals surface area contributed by atoms with E-state index in [9.17, 15) is 4.79 Å². The molecule has 1 fully saturated rings. The summed E-state index contributed by atoms with van der Waals surface area (Å²) in [6, 6.07) is 10.8. The Hall–Kier alpha value is -2.35. The van der Waals surface area contributed by atoms with Gasteiger partial charge in [-0.3, -0.25) is 4.90 Å². The summed E-state index contributed by atoms with van der Waals surface area (Å²) >= 11 is 11.9. The number of hydrogen-bond acceptors (Lipinski definition) is 5. The van der Waals surface area contributed by atoms with E-state index >= 15 is 0 Å². The Morgan fingerprint density at radius 2 is 1.83 bits per heavy atom. The third-order valence-corrected chi connectivity index (χ3v) is 5.38. The third kappa shape index (κ3) is 4.98. The molecule has 0 bridgehead atoms. The Morgan fingerprint density at radius 3 is 2.62 bits per heavy atom. The molecule has 0 saturated carbocycles. The number of carbonyl (C=O) groups excluding carboxylic acids is 1. The molecule has 0 radical (unpaired) electrons. The molecular weight excluding hydrogens is 417 g/mol. The van der Waals surface area contributed by atoms with Gasteiger partial charge in [0.25, 0.3) is 0 Å². The van der Waals surface area contributed by atoms with Crippen LogP contribution < -0.4 is 19.5 Å². The van der Waals surface area contributed by atoms with Crippen molar-refractivity contribution in [1.82, 2.24) is 15.1 Å². The molecule has 1 saturated heterocycles. The SMILES string of the molecule is O=C(NCOc1ccc(Cl)cc1Cl)N1CCN(Cc2ccc3c(c2)OCO3)CC1. The lowest BCUT2D eigenvalue weighted by atomic mass is 10.1. The van der Waals surface area contributed by atoms with Crippen molar-refractivity contribution >= 4 is 29.2 Å².